The van der Waals surface area contributed by atoms with Crippen molar-refractivity contribution in [2.24, 2.45) is 0 Å². The lowest BCUT2D eigenvalue weighted by Gasteiger charge is -2.34. The van der Waals surface area contributed by atoms with Crippen molar-refractivity contribution in [3.05, 3.63) is 11.6 Å². The molecule has 1 saturated carbocycles. The van der Waals surface area contributed by atoms with E-state index in [4.69, 9.17) is 31.5 Å². The third-order valence-corrected chi connectivity index (χ3v) is 5.65. The van der Waals surface area contributed by atoms with Crippen LogP contribution in [-0.4, -0.2) is 55.3 Å². The minimum Gasteiger partial charge on any atom is -0.394 e. The van der Waals surface area contributed by atoms with Gasteiger partial charge >= 0.3 is 0 Å². The summed E-state index contributed by atoms with van der Waals surface area (Å²) in [5.41, 5.74) is 6.82. The number of fused-ring (bicyclic) bond motifs is 2. The Morgan fingerprint density at radius 3 is 2.77 bits per heavy atom. The summed E-state index contributed by atoms with van der Waals surface area (Å²) in [6.45, 7) is -0.151. The fourth-order valence-electron chi connectivity index (χ4n) is 4.29. The Morgan fingerprint density at radius 1 is 1.23 bits per heavy atom. The van der Waals surface area contributed by atoms with Gasteiger partial charge in [-0.1, -0.05) is 6.42 Å². The Kier molecular flexibility index (Phi) is 3.84. The van der Waals surface area contributed by atoms with E-state index in [0.29, 0.717) is 11.2 Å². The summed E-state index contributed by atoms with van der Waals surface area (Å²) in [6, 6.07) is 0. The summed E-state index contributed by atoms with van der Waals surface area (Å²) in [4.78, 5) is 12.5. The third kappa shape index (κ3) is 2.42. The highest BCUT2D eigenvalue weighted by Crippen LogP contribution is 2.48. The highest BCUT2D eigenvalue weighted by molar-refractivity contribution is 6.28. The van der Waals surface area contributed by atoms with E-state index < -0.39 is 18.1 Å². The second kappa shape index (κ2) is 6.00. The molecule has 5 rings (SSSR count). The first-order valence-corrected chi connectivity index (χ1v) is 9.25. The van der Waals surface area contributed by atoms with Crippen LogP contribution in [0.2, 0.25) is 5.28 Å². The van der Waals surface area contributed by atoms with E-state index in [1.165, 1.54) is 6.42 Å². The first kappa shape index (κ1) is 16.6. The molecule has 2 saturated heterocycles. The average molecular weight is 382 g/mol. The molecule has 4 atom stereocenters. The standard InChI is InChI=1S/C16H20ClN5O4/c17-15-20-12(18)9-13(21-15)22(7-19-9)14-11-10(8(6-23)24-14)25-16(26-11)4-2-1-3-5-16/h7-8,10-11,14,23H,1-6H2,(H2,18,20,21). The van der Waals surface area contributed by atoms with Crippen molar-refractivity contribution < 1.29 is 19.3 Å². The molecule has 3 N–H and O–H groups in total. The lowest BCUT2D eigenvalue weighted by molar-refractivity contribution is -0.232. The molecule has 4 heterocycles. The van der Waals surface area contributed by atoms with Crippen LogP contribution >= 0.6 is 11.6 Å². The summed E-state index contributed by atoms with van der Waals surface area (Å²) < 4.78 is 20.4. The molecule has 2 aromatic rings. The van der Waals surface area contributed by atoms with Crippen LogP contribution in [0.5, 0.6) is 0 Å². The van der Waals surface area contributed by atoms with Crippen LogP contribution in [0, 0.1) is 0 Å². The van der Waals surface area contributed by atoms with Gasteiger partial charge < -0.3 is 25.1 Å². The number of rotatable bonds is 2. The molecule has 0 amide bonds. The summed E-state index contributed by atoms with van der Waals surface area (Å²) in [5, 5.41) is 9.80. The quantitative estimate of drug-likeness (QED) is 0.749. The Morgan fingerprint density at radius 2 is 2.00 bits per heavy atom. The maximum Gasteiger partial charge on any atom is 0.226 e. The zero-order valence-electron chi connectivity index (χ0n) is 14.0. The van der Waals surface area contributed by atoms with Gasteiger partial charge in [0.2, 0.25) is 5.28 Å². The number of nitrogens with zero attached hydrogens (tertiary/aromatic N) is 4. The number of nitrogens with two attached hydrogens (primary N) is 1. The minimum atomic E-state index is -0.578. The normalized spacial score (nSPS) is 33.2. The van der Waals surface area contributed by atoms with Crippen molar-refractivity contribution in [3.8, 4) is 0 Å². The number of imidazole rings is 1. The molecule has 2 aromatic heterocycles. The van der Waals surface area contributed by atoms with Gasteiger partial charge in [0.1, 0.15) is 23.8 Å². The van der Waals surface area contributed by atoms with E-state index in [2.05, 4.69) is 15.0 Å². The van der Waals surface area contributed by atoms with E-state index >= 15 is 0 Å². The highest BCUT2D eigenvalue weighted by atomic mass is 35.5. The SMILES string of the molecule is Nc1nc(Cl)nc2c1ncn2C1OC(CO)C2OC3(CCCCC3)OC21. The Bertz CT molecular complexity index is 839. The van der Waals surface area contributed by atoms with Gasteiger partial charge in [-0.2, -0.15) is 9.97 Å². The minimum absolute atomic E-state index is 0.0392. The predicted molar refractivity (Wildman–Crippen MR) is 91.3 cm³/mol. The lowest BCUT2D eigenvalue weighted by atomic mass is 9.94. The topological polar surface area (TPSA) is 118 Å². The number of anilines is 1. The van der Waals surface area contributed by atoms with E-state index in [-0.39, 0.29) is 29.9 Å². The molecule has 3 aliphatic rings. The number of aliphatic hydroxyl groups is 1. The van der Waals surface area contributed by atoms with Crippen molar-refractivity contribution >= 4 is 28.6 Å². The van der Waals surface area contributed by atoms with Crippen molar-refractivity contribution in [3.63, 3.8) is 0 Å². The molecule has 0 bridgehead atoms. The van der Waals surface area contributed by atoms with Gasteiger partial charge in [-0.05, 0) is 24.4 Å². The summed E-state index contributed by atoms with van der Waals surface area (Å²) >= 11 is 5.96. The second-order valence-electron chi connectivity index (χ2n) is 7.09. The first-order chi connectivity index (χ1) is 12.6. The number of aromatic nitrogens is 4. The zero-order valence-corrected chi connectivity index (χ0v) is 14.8. The maximum atomic E-state index is 9.76. The van der Waals surface area contributed by atoms with E-state index in [1.807, 2.05) is 0 Å². The molecule has 0 aromatic carbocycles. The fourth-order valence-corrected chi connectivity index (χ4v) is 4.46. The number of hydrogen-bond acceptors (Lipinski definition) is 8. The fraction of sp³-hybridized carbons (Fsp3) is 0.688. The molecule has 10 heteroatoms. The molecule has 26 heavy (non-hydrogen) atoms. The number of hydrogen-bond donors (Lipinski definition) is 2. The molecule has 2 aliphatic heterocycles. The maximum absolute atomic E-state index is 9.76. The Balaban J connectivity index is 1.53. The van der Waals surface area contributed by atoms with Crippen molar-refractivity contribution in [2.75, 3.05) is 12.3 Å². The number of halogens is 1. The van der Waals surface area contributed by atoms with Gasteiger partial charge in [0.05, 0.1) is 12.9 Å². The molecule has 4 unspecified atom stereocenters. The van der Waals surface area contributed by atoms with Gasteiger partial charge in [0.25, 0.3) is 0 Å². The molecular formula is C16H20ClN5O4. The zero-order chi connectivity index (χ0) is 17.9. The average Bonchev–Trinajstić information content (AvgIpc) is 3.27. The number of ether oxygens (including phenoxy) is 3. The van der Waals surface area contributed by atoms with Crippen LogP contribution in [0.15, 0.2) is 6.33 Å². The molecule has 3 fully saturated rings. The van der Waals surface area contributed by atoms with Crippen LogP contribution in [-0.2, 0) is 14.2 Å². The molecule has 1 spiro atoms. The first-order valence-electron chi connectivity index (χ1n) is 8.88. The van der Waals surface area contributed by atoms with Crippen LogP contribution < -0.4 is 5.73 Å². The molecular weight excluding hydrogens is 362 g/mol. The molecule has 1 aliphatic carbocycles. The van der Waals surface area contributed by atoms with Gasteiger partial charge in [-0.25, -0.2) is 4.98 Å². The highest BCUT2D eigenvalue weighted by Gasteiger charge is 2.58. The summed E-state index contributed by atoms with van der Waals surface area (Å²) in [5.74, 6) is -0.371. The van der Waals surface area contributed by atoms with Crippen molar-refractivity contribution in [2.45, 2.75) is 62.4 Å². The second-order valence-corrected chi connectivity index (χ2v) is 7.42. The van der Waals surface area contributed by atoms with Crippen LogP contribution in [0.1, 0.15) is 38.3 Å². The monoisotopic (exact) mass is 381 g/mol. The predicted octanol–water partition coefficient (Wildman–Crippen LogP) is 1.40. The number of aliphatic hydroxyl groups excluding tert-OH is 1. The van der Waals surface area contributed by atoms with Gasteiger partial charge in [0, 0.05) is 12.8 Å². The van der Waals surface area contributed by atoms with Crippen LogP contribution in [0.3, 0.4) is 0 Å². The Hall–Kier alpha value is -1.52. The van der Waals surface area contributed by atoms with E-state index in [1.54, 1.807) is 10.9 Å². The smallest absolute Gasteiger partial charge is 0.226 e. The molecule has 9 nitrogen and oxygen atoms in total. The summed E-state index contributed by atoms with van der Waals surface area (Å²) in [6.07, 6.45) is 4.92. The van der Waals surface area contributed by atoms with Crippen LogP contribution in [0.4, 0.5) is 5.82 Å². The van der Waals surface area contributed by atoms with Gasteiger partial charge in [-0.3, -0.25) is 4.57 Å². The third-order valence-electron chi connectivity index (χ3n) is 5.48. The van der Waals surface area contributed by atoms with Crippen LogP contribution in [0.25, 0.3) is 11.2 Å². The van der Waals surface area contributed by atoms with Crippen molar-refractivity contribution in [1.29, 1.82) is 0 Å². The molecule has 140 valence electrons. The lowest BCUT2D eigenvalue weighted by Crippen LogP contribution is -2.37. The summed E-state index contributed by atoms with van der Waals surface area (Å²) in [7, 11) is 0. The van der Waals surface area contributed by atoms with Gasteiger partial charge in [0.15, 0.2) is 23.5 Å². The van der Waals surface area contributed by atoms with E-state index in [9.17, 15) is 5.11 Å². The Labute approximate surface area is 154 Å². The van der Waals surface area contributed by atoms with E-state index in [0.717, 1.165) is 25.7 Å². The largest absolute Gasteiger partial charge is 0.394 e. The molecule has 0 radical (unpaired) electrons. The van der Waals surface area contributed by atoms with Crippen molar-refractivity contribution in [1.82, 2.24) is 19.5 Å². The number of nitrogen functional groups attached to an aromatic ring is 1. The van der Waals surface area contributed by atoms with Gasteiger partial charge in [-0.15, -0.1) is 0 Å².